The molecule has 0 unspecified atom stereocenters. The number of hydrogen-bond donors (Lipinski definition) is 2. The standard InChI is InChI=1S/C9H18O2/c1-3-8(6-10)5-9(8,4-2)7-11/h10-11H,3-7H2,1-2H3/t8-,9+. The smallest absolute Gasteiger partial charge is 0.0493 e. The summed E-state index contributed by atoms with van der Waals surface area (Å²) in [6.07, 6.45) is 2.97. The summed E-state index contributed by atoms with van der Waals surface area (Å²) in [4.78, 5) is 0. The largest absolute Gasteiger partial charge is 0.396 e. The molecular weight excluding hydrogens is 140 g/mol. The third kappa shape index (κ3) is 1.00. The molecule has 1 aliphatic carbocycles. The fourth-order valence-electron chi connectivity index (χ4n) is 2.27. The normalized spacial score (nSPS) is 42.5. The zero-order valence-electron chi connectivity index (χ0n) is 7.43. The fraction of sp³-hybridized carbons (Fsp3) is 1.00. The highest BCUT2D eigenvalue weighted by Gasteiger charge is 2.63. The molecule has 2 heteroatoms. The summed E-state index contributed by atoms with van der Waals surface area (Å²) in [5.41, 5.74) is 0.104. The molecule has 2 nitrogen and oxygen atoms in total. The van der Waals surface area contributed by atoms with E-state index in [4.69, 9.17) is 10.2 Å². The van der Waals surface area contributed by atoms with Gasteiger partial charge in [0.2, 0.25) is 0 Å². The van der Waals surface area contributed by atoms with Crippen molar-refractivity contribution in [1.29, 1.82) is 0 Å². The van der Waals surface area contributed by atoms with Crippen LogP contribution >= 0.6 is 0 Å². The Labute approximate surface area is 68.2 Å². The summed E-state index contributed by atoms with van der Waals surface area (Å²) in [5, 5.41) is 18.3. The molecule has 0 aromatic carbocycles. The van der Waals surface area contributed by atoms with Crippen LogP contribution in [-0.4, -0.2) is 23.4 Å². The Morgan fingerprint density at radius 1 is 1.00 bits per heavy atom. The van der Waals surface area contributed by atoms with Crippen LogP contribution in [0.4, 0.5) is 0 Å². The van der Waals surface area contributed by atoms with E-state index in [1.807, 2.05) is 0 Å². The molecule has 2 atom stereocenters. The molecular formula is C9H18O2. The zero-order valence-corrected chi connectivity index (χ0v) is 7.43. The van der Waals surface area contributed by atoms with Gasteiger partial charge in [-0.25, -0.2) is 0 Å². The van der Waals surface area contributed by atoms with E-state index >= 15 is 0 Å². The van der Waals surface area contributed by atoms with Crippen LogP contribution in [0.2, 0.25) is 0 Å². The van der Waals surface area contributed by atoms with Crippen molar-refractivity contribution >= 4 is 0 Å². The van der Waals surface area contributed by atoms with Crippen molar-refractivity contribution in [2.45, 2.75) is 33.1 Å². The Kier molecular flexibility index (Phi) is 2.26. The van der Waals surface area contributed by atoms with Crippen molar-refractivity contribution in [3.05, 3.63) is 0 Å². The molecule has 0 heterocycles. The van der Waals surface area contributed by atoms with Gasteiger partial charge in [0.05, 0.1) is 0 Å². The first-order chi connectivity index (χ1) is 5.20. The van der Waals surface area contributed by atoms with E-state index in [1.165, 1.54) is 0 Å². The van der Waals surface area contributed by atoms with Gasteiger partial charge in [-0.1, -0.05) is 13.8 Å². The van der Waals surface area contributed by atoms with Crippen LogP contribution in [0.15, 0.2) is 0 Å². The van der Waals surface area contributed by atoms with Gasteiger partial charge in [0.15, 0.2) is 0 Å². The van der Waals surface area contributed by atoms with Gasteiger partial charge in [0, 0.05) is 24.0 Å². The van der Waals surface area contributed by atoms with Crippen LogP contribution < -0.4 is 0 Å². The molecule has 0 aromatic rings. The van der Waals surface area contributed by atoms with Crippen molar-refractivity contribution in [1.82, 2.24) is 0 Å². The van der Waals surface area contributed by atoms with Gasteiger partial charge < -0.3 is 10.2 Å². The second-order valence-corrected chi connectivity index (χ2v) is 3.76. The summed E-state index contributed by atoms with van der Waals surface area (Å²) in [6.45, 7) is 4.64. The number of aliphatic hydroxyl groups excluding tert-OH is 2. The molecule has 11 heavy (non-hydrogen) atoms. The van der Waals surface area contributed by atoms with Crippen molar-refractivity contribution in [2.75, 3.05) is 13.2 Å². The van der Waals surface area contributed by atoms with Gasteiger partial charge >= 0.3 is 0 Å². The number of aliphatic hydroxyl groups is 2. The maximum absolute atomic E-state index is 9.14. The maximum Gasteiger partial charge on any atom is 0.0493 e. The Morgan fingerprint density at radius 2 is 1.36 bits per heavy atom. The molecule has 0 saturated heterocycles. The van der Waals surface area contributed by atoms with E-state index in [0.29, 0.717) is 0 Å². The van der Waals surface area contributed by atoms with E-state index in [1.54, 1.807) is 0 Å². The van der Waals surface area contributed by atoms with Crippen LogP contribution in [0.5, 0.6) is 0 Å². The van der Waals surface area contributed by atoms with Gasteiger partial charge in [0.25, 0.3) is 0 Å². The van der Waals surface area contributed by atoms with E-state index in [-0.39, 0.29) is 24.0 Å². The third-order valence-electron chi connectivity index (χ3n) is 3.64. The summed E-state index contributed by atoms with van der Waals surface area (Å²) >= 11 is 0. The second kappa shape index (κ2) is 2.76. The zero-order chi connectivity index (χ0) is 8.54. The first-order valence-electron chi connectivity index (χ1n) is 4.42. The molecule has 0 aliphatic heterocycles. The van der Waals surface area contributed by atoms with E-state index in [9.17, 15) is 0 Å². The van der Waals surface area contributed by atoms with Crippen LogP contribution in [0.3, 0.4) is 0 Å². The molecule has 66 valence electrons. The predicted octanol–water partition coefficient (Wildman–Crippen LogP) is 1.17. The minimum absolute atomic E-state index is 0.0521. The van der Waals surface area contributed by atoms with Crippen LogP contribution in [0.25, 0.3) is 0 Å². The molecule has 2 N–H and O–H groups in total. The average Bonchev–Trinajstić information content (AvgIpc) is 2.75. The maximum atomic E-state index is 9.14. The van der Waals surface area contributed by atoms with Gasteiger partial charge in [-0.2, -0.15) is 0 Å². The lowest BCUT2D eigenvalue weighted by Gasteiger charge is -2.19. The predicted molar refractivity (Wildman–Crippen MR) is 44.2 cm³/mol. The quantitative estimate of drug-likeness (QED) is 0.644. The first kappa shape index (κ1) is 9.01. The Hall–Kier alpha value is -0.0800. The van der Waals surface area contributed by atoms with Crippen LogP contribution in [0, 0.1) is 10.8 Å². The highest BCUT2D eigenvalue weighted by Crippen LogP contribution is 2.67. The Balaban J connectivity index is 2.65. The van der Waals surface area contributed by atoms with E-state index in [0.717, 1.165) is 19.3 Å². The van der Waals surface area contributed by atoms with Gasteiger partial charge in [0.1, 0.15) is 0 Å². The molecule has 1 fully saturated rings. The summed E-state index contributed by atoms with van der Waals surface area (Å²) in [6, 6.07) is 0. The highest BCUT2D eigenvalue weighted by molar-refractivity contribution is 5.12. The molecule has 0 bridgehead atoms. The minimum Gasteiger partial charge on any atom is -0.396 e. The third-order valence-corrected chi connectivity index (χ3v) is 3.64. The molecule has 0 radical (unpaired) electrons. The second-order valence-electron chi connectivity index (χ2n) is 3.76. The van der Waals surface area contributed by atoms with Gasteiger partial charge in [-0.3, -0.25) is 0 Å². The molecule has 0 spiro atoms. The number of hydrogen-bond acceptors (Lipinski definition) is 2. The summed E-state index contributed by atoms with van der Waals surface area (Å²) < 4.78 is 0. The monoisotopic (exact) mass is 158 g/mol. The minimum atomic E-state index is 0.0521. The van der Waals surface area contributed by atoms with Crippen LogP contribution in [0.1, 0.15) is 33.1 Å². The van der Waals surface area contributed by atoms with Gasteiger partial charge in [-0.05, 0) is 19.3 Å². The lowest BCUT2D eigenvalue weighted by Crippen LogP contribution is -2.20. The lowest BCUT2D eigenvalue weighted by atomic mass is 9.89. The molecule has 1 saturated carbocycles. The van der Waals surface area contributed by atoms with E-state index < -0.39 is 0 Å². The molecule has 0 aromatic heterocycles. The van der Waals surface area contributed by atoms with Crippen molar-refractivity contribution in [2.24, 2.45) is 10.8 Å². The van der Waals surface area contributed by atoms with Crippen molar-refractivity contribution < 1.29 is 10.2 Å². The Bertz CT molecular complexity index is 118. The molecule has 1 rings (SSSR count). The summed E-state index contributed by atoms with van der Waals surface area (Å²) in [5.74, 6) is 0. The Morgan fingerprint density at radius 3 is 1.45 bits per heavy atom. The highest BCUT2D eigenvalue weighted by atomic mass is 16.3. The molecule has 0 amide bonds. The summed E-state index contributed by atoms with van der Waals surface area (Å²) in [7, 11) is 0. The lowest BCUT2D eigenvalue weighted by molar-refractivity contribution is 0.114. The molecule has 1 aliphatic rings. The average molecular weight is 158 g/mol. The first-order valence-corrected chi connectivity index (χ1v) is 4.42. The van der Waals surface area contributed by atoms with Gasteiger partial charge in [-0.15, -0.1) is 0 Å². The fourth-order valence-corrected chi connectivity index (χ4v) is 2.27. The van der Waals surface area contributed by atoms with E-state index in [2.05, 4.69) is 13.8 Å². The van der Waals surface area contributed by atoms with Crippen molar-refractivity contribution in [3.63, 3.8) is 0 Å². The number of rotatable bonds is 4. The topological polar surface area (TPSA) is 40.5 Å². The van der Waals surface area contributed by atoms with Crippen LogP contribution in [-0.2, 0) is 0 Å². The van der Waals surface area contributed by atoms with Crippen molar-refractivity contribution in [3.8, 4) is 0 Å². The SMILES string of the molecule is CC[C@]1(CO)C[C@@]1(CC)CO.